The average Bonchev–Trinajstić information content (AvgIpc) is 2.68. The topological polar surface area (TPSA) is 82.1 Å². The van der Waals surface area contributed by atoms with Crippen LogP contribution in [0.3, 0.4) is 0 Å². The monoisotopic (exact) mass is 356 g/mol. The third-order valence-electron chi connectivity index (χ3n) is 4.64. The lowest BCUT2D eigenvalue weighted by atomic mass is 9.88. The Balaban J connectivity index is 2.73. The number of esters is 2. The molecule has 1 heterocycles. The number of hydrogen-bond donors (Lipinski definition) is 1. The minimum absolute atomic E-state index is 0.175. The van der Waals surface area contributed by atoms with Crippen molar-refractivity contribution in [1.29, 1.82) is 0 Å². The van der Waals surface area contributed by atoms with E-state index in [1.165, 1.54) is 13.8 Å². The molecule has 0 saturated carbocycles. The van der Waals surface area contributed by atoms with E-state index in [1.807, 2.05) is 19.9 Å². The van der Waals surface area contributed by atoms with Crippen LogP contribution < -0.4 is 0 Å². The number of carbonyl (C=O) groups is 2. The first kappa shape index (κ1) is 21.6. The smallest absolute Gasteiger partial charge is 0.303 e. The number of rotatable bonds is 8. The van der Waals surface area contributed by atoms with Gasteiger partial charge in [-0.2, -0.15) is 0 Å². The Morgan fingerprint density at radius 3 is 2.72 bits per heavy atom. The normalized spacial score (nSPS) is 26.8. The van der Waals surface area contributed by atoms with Gasteiger partial charge >= 0.3 is 11.9 Å². The maximum atomic E-state index is 11.5. The van der Waals surface area contributed by atoms with E-state index in [2.05, 4.69) is 0 Å². The summed E-state index contributed by atoms with van der Waals surface area (Å²) in [6.45, 7) is 7.63. The Labute approximate surface area is 150 Å². The highest BCUT2D eigenvalue weighted by atomic mass is 16.6. The third-order valence-corrected chi connectivity index (χ3v) is 4.64. The number of ether oxygens (including phenoxy) is 3. The van der Waals surface area contributed by atoms with Crippen molar-refractivity contribution in [3.63, 3.8) is 0 Å². The Morgan fingerprint density at radius 2 is 2.12 bits per heavy atom. The summed E-state index contributed by atoms with van der Waals surface area (Å²) in [5, 5.41) is 9.16. The van der Waals surface area contributed by atoms with Crippen LogP contribution >= 0.6 is 0 Å². The zero-order valence-electron chi connectivity index (χ0n) is 15.9. The molecule has 3 atom stereocenters. The summed E-state index contributed by atoms with van der Waals surface area (Å²) >= 11 is 0. The largest absolute Gasteiger partial charge is 0.462 e. The van der Waals surface area contributed by atoms with Gasteiger partial charge in [-0.15, -0.1) is 0 Å². The van der Waals surface area contributed by atoms with Gasteiger partial charge in [0, 0.05) is 20.5 Å². The minimum Gasteiger partial charge on any atom is -0.462 e. The second-order valence-electron chi connectivity index (χ2n) is 7.08. The SMILES string of the molecule is CC(=O)OCC=C1CC[C@@H](OC(C)=O)C(C)(CCCC(C)CO)OC1. The first-order valence-electron chi connectivity index (χ1n) is 9.00. The molecule has 0 bridgehead atoms. The summed E-state index contributed by atoms with van der Waals surface area (Å²) in [6.07, 6.45) is 5.52. The molecule has 1 saturated heterocycles. The molecule has 6 nitrogen and oxygen atoms in total. The fourth-order valence-electron chi connectivity index (χ4n) is 2.99. The quantitative estimate of drug-likeness (QED) is 0.532. The molecule has 2 unspecified atom stereocenters. The number of hydrogen-bond acceptors (Lipinski definition) is 6. The van der Waals surface area contributed by atoms with Crippen molar-refractivity contribution in [2.75, 3.05) is 19.8 Å². The Morgan fingerprint density at radius 1 is 1.40 bits per heavy atom. The van der Waals surface area contributed by atoms with Crippen LogP contribution in [-0.2, 0) is 23.8 Å². The molecule has 1 aliphatic rings. The lowest BCUT2D eigenvalue weighted by Crippen LogP contribution is -2.43. The van der Waals surface area contributed by atoms with Crippen molar-refractivity contribution in [1.82, 2.24) is 0 Å². The van der Waals surface area contributed by atoms with Crippen LogP contribution in [0.2, 0.25) is 0 Å². The highest BCUT2D eigenvalue weighted by Crippen LogP contribution is 2.33. The van der Waals surface area contributed by atoms with Crippen LogP contribution in [0.15, 0.2) is 11.6 Å². The van der Waals surface area contributed by atoms with Gasteiger partial charge in [-0.25, -0.2) is 0 Å². The summed E-state index contributed by atoms with van der Waals surface area (Å²) in [6, 6.07) is 0. The molecule has 0 aliphatic carbocycles. The van der Waals surface area contributed by atoms with E-state index >= 15 is 0 Å². The predicted octanol–water partition coefficient (Wildman–Crippen LogP) is 2.78. The highest BCUT2D eigenvalue weighted by Gasteiger charge is 2.39. The summed E-state index contributed by atoms with van der Waals surface area (Å²) < 4.78 is 16.6. The Kier molecular flexibility index (Phi) is 9.14. The second-order valence-corrected chi connectivity index (χ2v) is 7.08. The third kappa shape index (κ3) is 8.01. The Hall–Kier alpha value is -1.40. The molecule has 0 spiro atoms. The summed E-state index contributed by atoms with van der Waals surface area (Å²) in [4.78, 5) is 22.4. The predicted molar refractivity (Wildman–Crippen MR) is 94.0 cm³/mol. The van der Waals surface area contributed by atoms with E-state index in [4.69, 9.17) is 19.3 Å². The van der Waals surface area contributed by atoms with Crippen molar-refractivity contribution < 1.29 is 28.9 Å². The van der Waals surface area contributed by atoms with Crippen LogP contribution in [0.1, 0.15) is 59.8 Å². The van der Waals surface area contributed by atoms with Gasteiger partial charge in [-0.05, 0) is 50.2 Å². The van der Waals surface area contributed by atoms with Gasteiger partial charge < -0.3 is 19.3 Å². The van der Waals surface area contributed by atoms with Crippen LogP contribution in [-0.4, -0.2) is 48.6 Å². The Bertz CT molecular complexity index is 473. The summed E-state index contributed by atoms with van der Waals surface area (Å²) in [5.41, 5.74) is 0.489. The fourth-order valence-corrected chi connectivity index (χ4v) is 2.99. The minimum atomic E-state index is -0.558. The van der Waals surface area contributed by atoms with Crippen molar-refractivity contribution in [2.45, 2.75) is 71.5 Å². The molecule has 1 aliphatic heterocycles. The molecule has 0 aromatic carbocycles. The molecule has 0 aromatic heterocycles. The van der Waals surface area contributed by atoms with Crippen LogP contribution in [0.4, 0.5) is 0 Å². The first-order valence-corrected chi connectivity index (χ1v) is 9.00. The van der Waals surface area contributed by atoms with E-state index in [9.17, 15) is 9.59 Å². The van der Waals surface area contributed by atoms with E-state index < -0.39 is 5.60 Å². The van der Waals surface area contributed by atoms with Gasteiger partial charge in [0.15, 0.2) is 0 Å². The zero-order chi connectivity index (χ0) is 18.9. The molecule has 1 N–H and O–H groups in total. The van der Waals surface area contributed by atoms with Gasteiger partial charge in [0.05, 0.1) is 6.61 Å². The van der Waals surface area contributed by atoms with Gasteiger partial charge in [0.25, 0.3) is 0 Å². The molecule has 0 radical (unpaired) electrons. The van der Waals surface area contributed by atoms with Crippen molar-refractivity contribution in [2.24, 2.45) is 5.92 Å². The number of aliphatic hydroxyl groups is 1. The molecule has 1 fully saturated rings. The van der Waals surface area contributed by atoms with Gasteiger partial charge in [-0.1, -0.05) is 13.3 Å². The first-order chi connectivity index (χ1) is 11.8. The van der Waals surface area contributed by atoms with Crippen molar-refractivity contribution in [3.8, 4) is 0 Å². The van der Waals surface area contributed by atoms with Gasteiger partial charge in [0.1, 0.15) is 18.3 Å². The maximum Gasteiger partial charge on any atom is 0.303 e. The molecule has 1 rings (SSSR count). The standard InChI is InChI=1S/C19H32O6/c1-14(12-20)6-5-10-19(4)18(25-16(3)22)8-7-17(13-24-19)9-11-23-15(2)21/h9,14,18,20H,5-8,10-13H2,1-4H3/t14?,18-,19?/m1/s1. The van der Waals surface area contributed by atoms with E-state index in [0.717, 1.165) is 31.3 Å². The lowest BCUT2D eigenvalue weighted by molar-refractivity contribution is -0.167. The average molecular weight is 356 g/mol. The molecule has 0 aromatic rings. The number of carbonyl (C=O) groups excluding carboxylic acids is 2. The summed E-state index contributed by atoms with van der Waals surface area (Å²) in [7, 11) is 0. The van der Waals surface area contributed by atoms with Crippen LogP contribution in [0.25, 0.3) is 0 Å². The van der Waals surface area contributed by atoms with Crippen molar-refractivity contribution in [3.05, 3.63) is 11.6 Å². The lowest BCUT2D eigenvalue weighted by Gasteiger charge is -2.35. The van der Waals surface area contributed by atoms with E-state index in [-0.39, 0.29) is 37.2 Å². The molecule has 144 valence electrons. The van der Waals surface area contributed by atoms with E-state index in [1.54, 1.807) is 0 Å². The van der Waals surface area contributed by atoms with E-state index in [0.29, 0.717) is 13.0 Å². The zero-order valence-corrected chi connectivity index (χ0v) is 15.9. The maximum absolute atomic E-state index is 11.5. The highest BCUT2D eigenvalue weighted by molar-refractivity contribution is 5.66. The number of aliphatic hydroxyl groups excluding tert-OH is 1. The molecular formula is C19H32O6. The van der Waals surface area contributed by atoms with Crippen molar-refractivity contribution >= 4 is 11.9 Å². The van der Waals surface area contributed by atoms with Gasteiger partial charge in [0.2, 0.25) is 0 Å². The fraction of sp³-hybridized carbons (Fsp3) is 0.789. The van der Waals surface area contributed by atoms with Gasteiger partial charge in [-0.3, -0.25) is 9.59 Å². The molecule has 25 heavy (non-hydrogen) atoms. The molecule has 0 amide bonds. The molecular weight excluding hydrogens is 324 g/mol. The summed E-state index contributed by atoms with van der Waals surface area (Å²) in [5.74, 6) is -0.372. The van der Waals surface area contributed by atoms with Crippen LogP contribution in [0.5, 0.6) is 0 Å². The van der Waals surface area contributed by atoms with Crippen LogP contribution in [0, 0.1) is 5.92 Å². The second kappa shape index (κ2) is 10.6. The molecule has 6 heteroatoms.